The zero-order chi connectivity index (χ0) is 17.9. The minimum atomic E-state index is -2.10. The molecule has 0 aliphatic carbocycles. The molecule has 1 atom stereocenters. The van der Waals surface area contributed by atoms with E-state index in [9.17, 15) is 18.5 Å². The van der Waals surface area contributed by atoms with Crippen molar-refractivity contribution in [1.82, 2.24) is 0 Å². The monoisotopic (exact) mass is 348 g/mol. The van der Waals surface area contributed by atoms with Crippen LogP contribution in [0, 0.1) is 11.7 Å². The summed E-state index contributed by atoms with van der Waals surface area (Å²) in [4.78, 5) is 12.1. The number of hydrogen-bond donors (Lipinski definition) is 2. The molecule has 0 aliphatic heterocycles. The third-order valence-corrected chi connectivity index (χ3v) is 4.22. The fourth-order valence-electron chi connectivity index (χ4n) is 2.56. The predicted octanol–water partition coefficient (Wildman–Crippen LogP) is 4.06. The Labute approximate surface area is 141 Å². The van der Waals surface area contributed by atoms with Crippen molar-refractivity contribution in [1.29, 1.82) is 0 Å². The van der Waals surface area contributed by atoms with E-state index in [1.54, 1.807) is 18.2 Å². The molecule has 2 rings (SSSR count). The van der Waals surface area contributed by atoms with Gasteiger partial charge in [-0.05, 0) is 46.9 Å². The number of carbonyl (C=O) groups is 1. The van der Waals surface area contributed by atoms with Crippen LogP contribution >= 0.6 is 0 Å². The molecule has 2 aromatic rings. The van der Waals surface area contributed by atoms with Gasteiger partial charge in [-0.1, -0.05) is 38.1 Å². The first-order valence-corrected chi connectivity index (χ1v) is 8.36. The van der Waals surface area contributed by atoms with Crippen molar-refractivity contribution < 1.29 is 23.1 Å². The van der Waals surface area contributed by atoms with Crippen LogP contribution in [-0.2, 0) is 15.9 Å². The van der Waals surface area contributed by atoms with Crippen LogP contribution in [0.4, 0.5) is 4.39 Å². The molecule has 0 bridgehead atoms. The Bertz CT molecular complexity index is 810. The summed E-state index contributed by atoms with van der Waals surface area (Å²) in [5.41, 5.74) is 1.44. The molecule has 0 radical (unpaired) electrons. The second kappa shape index (κ2) is 7.51. The maximum atomic E-state index is 13.5. The molecule has 0 aromatic heterocycles. The van der Waals surface area contributed by atoms with Gasteiger partial charge in [0, 0.05) is 0 Å². The van der Waals surface area contributed by atoms with Crippen LogP contribution in [0.1, 0.15) is 25.0 Å². The first kappa shape index (κ1) is 18.0. The highest BCUT2D eigenvalue weighted by Gasteiger charge is 2.21. The van der Waals surface area contributed by atoms with E-state index in [1.807, 2.05) is 13.8 Å². The summed E-state index contributed by atoms with van der Waals surface area (Å²) in [5.74, 6) is -1.82. The van der Waals surface area contributed by atoms with Crippen LogP contribution < -0.4 is 0 Å². The maximum Gasteiger partial charge on any atom is 0.336 e. The quantitative estimate of drug-likeness (QED) is 0.485. The molecular formula is C18H17FO4S. The van der Waals surface area contributed by atoms with Crippen molar-refractivity contribution >= 4 is 28.2 Å². The molecule has 1 unspecified atom stereocenters. The van der Waals surface area contributed by atoms with Crippen LogP contribution in [-0.4, -0.2) is 19.8 Å². The normalized spacial score (nSPS) is 13.5. The van der Waals surface area contributed by atoms with Crippen molar-refractivity contribution in [3.63, 3.8) is 0 Å². The summed E-state index contributed by atoms with van der Waals surface area (Å²) >= 11 is -2.10. The first-order valence-electron chi connectivity index (χ1n) is 7.26. The number of allylic oxidation sites excluding steroid dienone is 1. The van der Waals surface area contributed by atoms with E-state index in [0.717, 1.165) is 0 Å². The summed E-state index contributed by atoms with van der Waals surface area (Å²) in [6.07, 6.45) is 0. The van der Waals surface area contributed by atoms with Gasteiger partial charge in [-0.3, -0.25) is 0 Å². The highest BCUT2D eigenvalue weighted by atomic mass is 32.2. The molecule has 4 nitrogen and oxygen atoms in total. The van der Waals surface area contributed by atoms with Crippen molar-refractivity contribution in [2.45, 2.75) is 18.7 Å². The molecule has 0 spiro atoms. The Morgan fingerprint density at radius 3 is 2.17 bits per heavy atom. The molecule has 24 heavy (non-hydrogen) atoms. The van der Waals surface area contributed by atoms with E-state index in [4.69, 9.17) is 4.55 Å². The molecule has 2 aromatic carbocycles. The largest absolute Gasteiger partial charge is 0.478 e. The summed E-state index contributed by atoms with van der Waals surface area (Å²) < 4.78 is 33.7. The van der Waals surface area contributed by atoms with Gasteiger partial charge >= 0.3 is 5.97 Å². The van der Waals surface area contributed by atoms with Gasteiger partial charge in [0.1, 0.15) is 5.82 Å². The third-order valence-electron chi connectivity index (χ3n) is 3.54. The zero-order valence-corrected chi connectivity index (χ0v) is 14.0. The molecule has 0 saturated heterocycles. The van der Waals surface area contributed by atoms with Gasteiger partial charge in [-0.15, -0.1) is 0 Å². The third kappa shape index (κ3) is 3.96. The Kier molecular flexibility index (Phi) is 5.64. The SMILES string of the molecule is CC(C)/C(=C(\C(=O)O)c1cccc(F)c1)c1ccc(S(=O)O)cc1. The lowest BCUT2D eigenvalue weighted by Crippen LogP contribution is -2.08. The van der Waals surface area contributed by atoms with Gasteiger partial charge in [-0.25, -0.2) is 13.4 Å². The second-order valence-electron chi connectivity index (χ2n) is 5.53. The smallest absolute Gasteiger partial charge is 0.336 e. The van der Waals surface area contributed by atoms with Gasteiger partial charge in [-0.2, -0.15) is 0 Å². The van der Waals surface area contributed by atoms with Gasteiger partial charge in [0.15, 0.2) is 11.1 Å². The average molecular weight is 348 g/mol. The van der Waals surface area contributed by atoms with E-state index in [2.05, 4.69) is 0 Å². The van der Waals surface area contributed by atoms with Crippen molar-refractivity contribution in [2.75, 3.05) is 0 Å². The van der Waals surface area contributed by atoms with E-state index >= 15 is 0 Å². The van der Waals surface area contributed by atoms with E-state index in [-0.39, 0.29) is 21.9 Å². The second-order valence-corrected chi connectivity index (χ2v) is 6.50. The van der Waals surface area contributed by atoms with Gasteiger partial charge < -0.3 is 9.66 Å². The number of rotatable bonds is 5. The van der Waals surface area contributed by atoms with E-state index < -0.39 is 22.9 Å². The highest BCUT2D eigenvalue weighted by molar-refractivity contribution is 7.79. The molecular weight excluding hydrogens is 331 g/mol. The molecule has 2 N–H and O–H groups in total. The number of hydrogen-bond acceptors (Lipinski definition) is 2. The van der Waals surface area contributed by atoms with Crippen LogP contribution in [0.3, 0.4) is 0 Å². The lowest BCUT2D eigenvalue weighted by molar-refractivity contribution is -0.130. The minimum Gasteiger partial charge on any atom is -0.478 e. The predicted molar refractivity (Wildman–Crippen MR) is 91.2 cm³/mol. The zero-order valence-electron chi connectivity index (χ0n) is 13.2. The van der Waals surface area contributed by atoms with Crippen molar-refractivity contribution in [2.24, 2.45) is 5.92 Å². The molecule has 126 valence electrons. The Balaban J connectivity index is 2.70. The topological polar surface area (TPSA) is 74.6 Å². The van der Waals surface area contributed by atoms with Crippen LogP contribution in [0.25, 0.3) is 11.1 Å². The maximum absolute atomic E-state index is 13.5. The summed E-state index contributed by atoms with van der Waals surface area (Å²) in [5, 5.41) is 9.67. The van der Waals surface area contributed by atoms with Crippen LogP contribution in [0.5, 0.6) is 0 Å². The lowest BCUT2D eigenvalue weighted by Gasteiger charge is -2.17. The van der Waals surface area contributed by atoms with E-state index in [0.29, 0.717) is 11.1 Å². The standard InChI is InChI=1S/C18H17FO4S/c1-11(2)16(12-6-8-15(9-7-12)24(22)23)17(18(20)21)13-4-3-5-14(19)10-13/h3-11H,1-2H3,(H,20,21)(H,22,23)/b17-16+. The molecule has 0 aliphatic rings. The van der Waals surface area contributed by atoms with Crippen LogP contribution in [0.15, 0.2) is 53.4 Å². The molecule has 0 heterocycles. The summed E-state index contributed by atoms with van der Waals surface area (Å²) in [7, 11) is 0. The molecule has 0 fully saturated rings. The number of carboxylic acids is 1. The first-order chi connectivity index (χ1) is 11.3. The van der Waals surface area contributed by atoms with E-state index in [1.165, 1.54) is 30.3 Å². The lowest BCUT2D eigenvalue weighted by atomic mass is 9.87. The number of halogens is 1. The average Bonchev–Trinajstić information content (AvgIpc) is 2.51. The molecule has 6 heteroatoms. The minimum absolute atomic E-state index is 0.0161. The summed E-state index contributed by atoms with van der Waals surface area (Å²) in [6.45, 7) is 3.69. The van der Waals surface area contributed by atoms with Gasteiger partial charge in [0.2, 0.25) is 0 Å². The highest BCUT2D eigenvalue weighted by Crippen LogP contribution is 2.33. The van der Waals surface area contributed by atoms with Gasteiger partial charge in [0.05, 0.1) is 10.5 Å². The Morgan fingerprint density at radius 1 is 1.08 bits per heavy atom. The van der Waals surface area contributed by atoms with Gasteiger partial charge in [0.25, 0.3) is 0 Å². The number of aliphatic carboxylic acids is 1. The molecule has 0 saturated carbocycles. The van der Waals surface area contributed by atoms with Crippen molar-refractivity contribution in [3.05, 3.63) is 65.5 Å². The summed E-state index contributed by atoms with van der Waals surface area (Å²) in [6, 6.07) is 11.6. The molecule has 0 amide bonds. The fraction of sp³-hybridized carbons (Fsp3) is 0.167. The number of benzene rings is 2. The Hall–Kier alpha value is -2.31. The Morgan fingerprint density at radius 2 is 1.71 bits per heavy atom. The van der Waals surface area contributed by atoms with Crippen LogP contribution in [0.2, 0.25) is 0 Å². The van der Waals surface area contributed by atoms with Crippen molar-refractivity contribution in [3.8, 4) is 0 Å². The number of carboxylic acid groups (broad SMARTS) is 1. The fourth-order valence-corrected chi connectivity index (χ4v) is 2.92.